The molecule has 0 saturated carbocycles. The zero-order valence-corrected chi connectivity index (χ0v) is 14.8. The highest BCUT2D eigenvalue weighted by molar-refractivity contribution is 6.30. The first kappa shape index (κ1) is 19.0. The number of ether oxygens (including phenoxy) is 1. The molecule has 0 unspecified atom stereocenters. The Morgan fingerprint density at radius 2 is 1.72 bits per heavy atom. The van der Waals surface area contributed by atoms with Gasteiger partial charge in [-0.25, -0.2) is 4.79 Å². The predicted octanol–water partition coefficient (Wildman–Crippen LogP) is 3.29. The van der Waals surface area contributed by atoms with Crippen LogP contribution in [0.4, 0.5) is 5.69 Å². The normalized spacial score (nSPS) is 10.3. The van der Waals surface area contributed by atoms with Crippen LogP contribution in [0.15, 0.2) is 48.5 Å². The third kappa shape index (κ3) is 6.57. The molecule has 2 aromatic rings. The van der Waals surface area contributed by atoms with E-state index >= 15 is 0 Å². The van der Waals surface area contributed by atoms with Gasteiger partial charge in [0.2, 0.25) is 5.91 Å². The van der Waals surface area contributed by atoms with Crippen LogP contribution in [0.1, 0.15) is 22.8 Å². The molecule has 0 radical (unpaired) electrons. The van der Waals surface area contributed by atoms with Crippen LogP contribution in [0.2, 0.25) is 5.02 Å². The van der Waals surface area contributed by atoms with E-state index in [1.807, 2.05) is 24.3 Å². The van der Waals surface area contributed by atoms with Gasteiger partial charge in [-0.3, -0.25) is 4.79 Å². The van der Waals surface area contributed by atoms with Crippen LogP contribution in [-0.4, -0.2) is 31.6 Å². The predicted molar refractivity (Wildman–Crippen MR) is 99.1 cm³/mol. The fraction of sp³-hybridized carbons (Fsp3) is 0.263. The van der Waals surface area contributed by atoms with Crippen molar-refractivity contribution in [1.82, 2.24) is 5.32 Å². The molecule has 2 rings (SSSR count). The lowest BCUT2D eigenvalue weighted by molar-refractivity contribution is -0.115. The van der Waals surface area contributed by atoms with E-state index in [4.69, 9.17) is 16.3 Å². The molecule has 2 aromatic carbocycles. The maximum Gasteiger partial charge on any atom is 0.338 e. The van der Waals surface area contributed by atoms with Crippen molar-refractivity contribution in [3.05, 3.63) is 64.7 Å². The summed E-state index contributed by atoms with van der Waals surface area (Å²) in [6.07, 6.45) is 0.818. The number of hydrogen-bond donors (Lipinski definition) is 2. The van der Waals surface area contributed by atoms with Crippen molar-refractivity contribution >= 4 is 29.2 Å². The van der Waals surface area contributed by atoms with Gasteiger partial charge in [0.15, 0.2) is 0 Å². The Bertz CT molecular complexity index is 700. The Morgan fingerprint density at radius 3 is 2.36 bits per heavy atom. The van der Waals surface area contributed by atoms with Crippen molar-refractivity contribution in [3.63, 3.8) is 0 Å². The highest BCUT2D eigenvalue weighted by Crippen LogP contribution is 2.11. The van der Waals surface area contributed by atoms with Crippen molar-refractivity contribution in [2.45, 2.75) is 13.3 Å². The smallest absolute Gasteiger partial charge is 0.338 e. The van der Waals surface area contributed by atoms with Crippen molar-refractivity contribution in [3.8, 4) is 0 Å². The second-order valence-corrected chi connectivity index (χ2v) is 5.84. The Balaban J connectivity index is 1.71. The van der Waals surface area contributed by atoms with E-state index in [0.29, 0.717) is 29.4 Å². The van der Waals surface area contributed by atoms with Gasteiger partial charge in [-0.1, -0.05) is 23.7 Å². The van der Waals surface area contributed by atoms with Gasteiger partial charge < -0.3 is 15.4 Å². The van der Waals surface area contributed by atoms with Crippen molar-refractivity contribution in [1.29, 1.82) is 0 Å². The highest BCUT2D eigenvalue weighted by Gasteiger charge is 2.07. The number of rotatable bonds is 8. The first-order valence-electron chi connectivity index (χ1n) is 8.10. The van der Waals surface area contributed by atoms with Crippen LogP contribution >= 0.6 is 11.6 Å². The maximum atomic E-state index is 11.9. The number of halogens is 1. The summed E-state index contributed by atoms with van der Waals surface area (Å²) >= 11 is 5.84. The highest BCUT2D eigenvalue weighted by atomic mass is 35.5. The molecule has 132 valence electrons. The van der Waals surface area contributed by atoms with E-state index in [1.165, 1.54) is 0 Å². The molecule has 0 spiro atoms. The van der Waals surface area contributed by atoms with Gasteiger partial charge in [0.1, 0.15) is 0 Å². The summed E-state index contributed by atoms with van der Waals surface area (Å²) in [7, 11) is 0. The van der Waals surface area contributed by atoms with Crippen molar-refractivity contribution in [2.75, 3.05) is 25.0 Å². The largest absolute Gasteiger partial charge is 0.462 e. The average molecular weight is 361 g/mol. The minimum Gasteiger partial charge on any atom is -0.462 e. The lowest BCUT2D eigenvalue weighted by Crippen LogP contribution is -2.29. The van der Waals surface area contributed by atoms with Gasteiger partial charge in [0.25, 0.3) is 0 Å². The van der Waals surface area contributed by atoms with Gasteiger partial charge in [-0.2, -0.15) is 0 Å². The van der Waals surface area contributed by atoms with Gasteiger partial charge in [-0.15, -0.1) is 0 Å². The number of carbonyl (C=O) groups is 2. The standard InChI is InChI=1S/C19H21ClN2O3/c1-2-25-19(24)15-5-9-17(10-6-15)22-18(23)13-21-12-11-14-3-7-16(20)8-4-14/h3-10,21H,2,11-13H2,1H3,(H,22,23). The summed E-state index contributed by atoms with van der Waals surface area (Å²) in [5, 5.41) is 6.58. The molecule has 0 aliphatic rings. The molecule has 25 heavy (non-hydrogen) atoms. The molecular formula is C19H21ClN2O3. The lowest BCUT2D eigenvalue weighted by Gasteiger charge is -2.08. The number of benzene rings is 2. The molecule has 0 saturated heterocycles. The van der Waals surface area contributed by atoms with Crippen LogP contribution in [0, 0.1) is 0 Å². The molecular weight excluding hydrogens is 340 g/mol. The summed E-state index contributed by atoms with van der Waals surface area (Å²) in [6.45, 7) is 3.00. The van der Waals surface area contributed by atoms with Crippen molar-refractivity contribution < 1.29 is 14.3 Å². The molecule has 0 aromatic heterocycles. The third-order valence-corrected chi connectivity index (χ3v) is 3.72. The van der Waals surface area contributed by atoms with Crippen LogP contribution in [0.25, 0.3) is 0 Å². The van der Waals surface area contributed by atoms with Crippen LogP contribution < -0.4 is 10.6 Å². The zero-order valence-electron chi connectivity index (χ0n) is 14.0. The summed E-state index contributed by atoms with van der Waals surface area (Å²) < 4.78 is 4.91. The molecule has 5 nitrogen and oxygen atoms in total. The Morgan fingerprint density at radius 1 is 1.04 bits per heavy atom. The number of esters is 1. The van der Waals surface area contributed by atoms with Gasteiger partial charge in [0, 0.05) is 10.7 Å². The second-order valence-electron chi connectivity index (χ2n) is 5.40. The third-order valence-electron chi connectivity index (χ3n) is 3.47. The van der Waals surface area contributed by atoms with E-state index in [1.54, 1.807) is 31.2 Å². The molecule has 0 bridgehead atoms. The van der Waals surface area contributed by atoms with Crippen LogP contribution in [-0.2, 0) is 16.0 Å². The second kappa shape index (κ2) is 9.81. The molecule has 0 fully saturated rings. The molecule has 0 heterocycles. The van der Waals surface area contributed by atoms with Crippen LogP contribution in [0.5, 0.6) is 0 Å². The maximum absolute atomic E-state index is 11.9. The minimum atomic E-state index is -0.371. The summed E-state index contributed by atoms with van der Waals surface area (Å²) in [5.41, 5.74) is 2.25. The SMILES string of the molecule is CCOC(=O)c1ccc(NC(=O)CNCCc2ccc(Cl)cc2)cc1. The number of amides is 1. The fourth-order valence-electron chi connectivity index (χ4n) is 2.19. The van der Waals surface area contributed by atoms with Crippen molar-refractivity contribution in [2.24, 2.45) is 0 Å². The van der Waals surface area contributed by atoms with E-state index < -0.39 is 0 Å². The Kier molecular flexibility index (Phi) is 7.44. The summed E-state index contributed by atoms with van der Waals surface area (Å²) in [5.74, 6) is -0.510. The lowest BCUT2D eigenvalue weighted by atomic mass is 10.1. The summed E-state index contributed by atoms with van der Waals surface area (Å²) in [6, 6.07) is 14.2. The first-order chi connectivity index (χ1) is 12.1. The number of nitrogens with one attached hydrogen (secondary N) is 2. The molecule has 1 amide bonds. The molecule has 0 aliphatic heterocycles. The molecule has 0 atom stereocenters. The van der Waals surface area contributed by atoms with E-state index in [0.717, 1.165) is 12.0 Å². The zero-order chi connectivity index (χ0) is 18.1. The molecule has 0 aliphatic carbocycles. The first-order valence-corrected chi connectivity index (χ1v) is 8.48. The molecule has 6 heteroatoms. The van der Waals surface area contributed by atoms with E-state index in [9.17, 15) is 9.59 Å². The number of anilines is 1. The van der Waals surface area contributed by atoms with Gasteiger partial charge in [0.05, 0.1) is 18.7 Å². The quantitative estimate of drug-likeness (QED) is 0.560. The fourth-order valence-corrected chi connectivity index (χ4v) is 2.32. The summed E-state index contributed by atoms with van der Waals surface area (Å²) in [4.78, 5) is 23.5. The average Bonchev–Trinajstić information content (AvgIpc) is 2.61. The Hall–Kier alpha value is -2.37. The number of carbonyl (C=O) groups excluding carboxylic acids is 2. The monoisotopic (exact) mass is 360 g/mol. The van der Waals surface area contributed by atoms with E-state index in [-0.39, 0.29) is 18.4 Å². The van der Waals surface area contributed by atoms with Crippen LogP contribution in [0.3, 0.4) is 0 Å². The Labute approximate surface area is 152 Å². The van der Waals surface area contributed by atoms with Gasteiger partial charge >= 0.3 is 5.97 Å². The minimum absolute atomic E-state index is 0.139. The number of hydrogen-bond acceptors (Lipinski definition) is 4. The molecule has 2 N–H and O–H groups in total. The van der Waals surface area contributed by atoms with E-state index in [2.05, 4.69) is 10.6 Å². The van der Waals surface area contributed by atoms with Gasteiger partial charge in [-0.05, 0) is 61.9 Å². The topological polar surface area (TPSA) is 67.4 Å².